The highest BCUT2D eigenvalue weighted by Crippen LogP contribution is 2.35. The molecule has 0 aliphatic rings. The van der Waals surface area contributed by atoms with Gasteiger partial charge in [0.25, 0.3) is 0 Å². The average molecular weight is 340 g/mol. The summed E-state index contributed by atoms with van der Waals surface area (Å²) in [6.07, 6.45) is 0. The molecule has 0 bridgehead atoms. The van der Waals surface area contributed by atoms with E-state index < -0.39 is 0 Å². The van der Waals surface area contributed by atoms with Crippen molar-refractivity contribution in [3.8, 4) is 11.1 Å². The smallest absolute Gasteiger partial charge is 0.0251 e. The van der Waals surface area contributed by atoms with Crippen molar-refractivity contribution in [2.45, 2.75) is 13.8 Å². The molecule has 82 valence electrons. The van der Waals surface area contributed by atoms with Gasteiger partial charge in [0, 0.05) is 8.95 Å². The summed E-state index contributed by atoms with van der Waals surface area (Å²) >= 11 is 7.25. The molecule has 0 aliphatic heterocycles. The Hall–Kier alpha value is -0.600. The molecule has 0 N–H and O–H groups in total. The minimum atomic E-state index is 1.14. The van der Waals surface area contributed by atoms with Gasteiger partial charge in [0.05, 0.1) is 0 Å². The highest BCUT2D eigenvalue weighted by molar-refractivity contribution is 9.11. The summed E-state index contributed by atoms with van der Waals surface area (Å²) in [6.45, 7) is 4.25. The van der Waals surface area contributed by atoms with Crippen molar-refractivity contribution >= 4 is 31.9 Å². The fraction of sp³-hybridized carbons (Fsp3) is 0.143. The monoisotopic (exact) mass is 338 g/mol. The summed E-state index contributed by atoms with van der Waals surface area (Å²) in [6, 6.07) is 12.6. The first-order chi connectivity index (χ1) is 7.61. The van der Waals surface area contributed by atoms with E-state index >= 15 is 0 Å². The van der Waals surface area contributed by atoms with E-state index in [2.05, 4.69) is 76.0 Å². The van der Waals surface area contributed by atoms with Crippen molar-refractivity contribution in [1.82, 2.24) is 0 Å². The third kappa shape index (κ3) is 2.09. The summed E-state index contributed by atoms with van der Waals surface area (Å²) in [7, 11) is 0. The van der Waals surface area contributed by atoms with Gasteiger partial charge in [-0.2, -0.15) is 0 Å². The van der Waals surface area contributed by atoms with E-state index in [0.717, 1.165) is 4.47 Å². The second-order valence-corrected chi connectivity index (χ2v) is 5.48. The molecule has 2 heteroatoms. The van der Waals surface area contributed by atoms with E-state index in [4.69, 9.17) is 0 Å². The van der Waals surface area contributed by atoms with Crippen LogP contribution in [0.25, 0.3) is 11.1 Å². The maximum atomic E-state index is 3.65. The van der Waals surface area contributed by atoms with Gasteiger partial charge >= 0.3 is 0 Å². The molecule has 0 heterocycles. The molecule has 0 radical (unpaired) electrons. The topological polar surface area (TPSA) is 0 Å². The molecule has 0 saturated carbocycles. The number of rotatable bonds is 1. The van der Waals surface area contributed by atoms with Crippen LogP contribution in [-0.4, -0.2) is 0 Å². The Kier molecular flexibility index (Phi) is 3.50. The predicted molar refractivity (Wildman–Crippen MR) is 76.8 cm³/mol. The standard InChI is InChI=1S/C14H12Br2/c1-9-12(11-6-4-3-5-7-11)8-13(15)10(2)14(9)16/h3-8H,1-2H3. The zero-order chi connectivity index (χ0) is 11.7. The van der Waals surface area contributed by atoms with Crippen molar-refractivity contribution in [3.05, 3.63) is 56.5 Å². The number of benzene rings is 2. The summed E-state index contributed by atoms with van der Waals surface area (Å²) in [5.41, 5.74) is 5.05. The lowest BCUT2D eigenvalue weighted by atomic mass is 9.99. The molecular weight excluding hydrogens is 328 g/mol. The minimum Gasteiger partial charge on any atom is -0.0622 e. The van der Waals surface area contributed by atoms with E-state index in [0.29, 0.717) is 0 Å². The molecule has 0 nitrogen and oxygen atoms in total. The lowest BCUT2D eigenvalue weighted by Gasteiger charge is -2.12. The van der Waals surface area contributed by atoms with Crippen LogP contribution < -0.4 is 0 Å². The highest BCUT2D eigenvalue weighted by Gasteiger charge is 2.10. The molecule has 2 aromatic carbocycles. The number of hydrogen-bond acceptors (Lipinski definition) is 0. The van der Waals surface area contributed by atoms with E-state index in [1.807, 2.05) is 6.07 Å². The van der Waals surface area contributed by atoms with Gasteiger partial charge in [-0.25, -0.2) is 0 Å². The van der Waals surface area contributed by atoms with Crippen LogP contribution >= 0.6 is 31.9 Å². The van der Waals surface area contributed by atoms with Crippen molar-refractivity contribution in [2.75, 3.05) is 0 Å². The SMILES string of the molecule is Cc1c(Br)cc(-c2ccccc2)c(C)c1Br. The molecule has 16 heavy (non-hydrogen) atoms. The second kappa shape index (κ2) is 4.72. The molecular formula is C14H12Br2. The lowest BCUT2D eigenvalue weighted by molar-refractivity contribution is 1.32. The van der Waals surface area contributed by atoms with E-state index in [-0.39, 0.29) is 0 Å². The quantitative estimate of drug-likeness (QED) is 0.644. The fourth-order valence-electron chi connectivity index (χ4n) is 1.77. The summed E-state index contributed by atoms with van der Waals surface area (Å²) < 4.78 is 2.32. The largest absolute Gasteiger partial charge is 0.0622 e. The molecule has 0 saturated heterocycles. The minimum absolute atomic E-state index is 1.14. The lowest BCUT2D eigenvalue weighted by Crippen LogP contribution is -1.89. The van der Waals surface area contributed by atoms with Crippen LogP contribution in [-0.2, 0) is 0 Å². The van der Waals surface area contributed by atoms with E-state index in [1.54, 1.807) is 0 Å². The van der Waals surface area contributed by atoms with Gasteiger partial charge in [0.2, 0.25) is 0 Å². The fourth-order valence-corrected chi connectivity index (χ4v) is 2.89. The van der Waals surface area contributed by atoms with E-state index in [1.165, 1.54) is 26.7 Å². The van der Waals surface area contributed by atoms with Crippen LogP contribution in [0.15, 0.2) is 45.3 Å². The highest BCUT2D eigenvalue weighted by atomic mass is 79.9. The van der Waals surface area contributed by atoms with Gasteiger partial charge in [-0.05, 0) is 42.2 Å². The second-order valence-electron chi connectivity index (χ2n) is 3.84. The Morgan fingerprint density at radius 1 is 0.875 bits per heavy atom. The molecule has 0 unspecified atom stereocenters. The maximum Gasteiger partial charge on any atom is 0.0251 e. The number of halogens is 2. The summed E-state index contributed by atoms with van der Waals surface area (Å²) in [5.74, 6) is 0. The van der Waals surface area contributed by atoms with Gasteiger partial charge in [0.15, 0.2) is 0 Å². The molecule has 2 aromatic rings. The van der Waals surface area contributed by atoms with Crippen LogP contribution in [0.4, 0.5) is 0 Å². The van der Waals surface area contributed by atoms with Crippen molar-refractivity contribution in [2.24, 2.45) is 0 Å². The Balaban J connectivity index is 2.68. The molecule has 0 atom stereocenters. The normalized spacial score (nSPS) is 10.5. The first-order valence-corrected chi connectivity index (χ1v) is 6.70. The van der Waals surface area contributed by atoms with Crippen LogP contribution in [0.2, 0.25) is 0 Å². The Labute approximate surface area is 113 Å². The summed E-state index contributed by atoms with van der Waals surface area (Å²) in [5, 5.41) is 0. The van der Waals surface area contributed by atoms with Crippen LogP contribution in [0.3, 0.4) is 0 Å². The summed E-state index contributed by atoms with van der Waals surface area (Å²) in [4.78, 5) is 0. The Bertz CT molecular complexity index is 516. The molecule has 0 spiro atoms. The third-order valence-corrected chi connectivity index (χ3v) is 4.79. The van der Waals surface area contributed by atoms with Crippen molar-refractivity contribution in [3.63, 3.8) is 0 Å². The predicted octanol–water partition coefficient (Wildman–Crippen LogP) is 5.50. The van der Waals surface area contributed by atoms with Gasteiger partial charge in [-0.3, -0.25) is 0 Å². The Morgan fingerprint density at radius 3 is 2.12 bits per heavy atom. The zero-order valence-electron chi connectivity index (χ0n) is 9.22. The first-order valence-electron chi connectivity index (χ1n) is 5.12. The van der Waals surface area contributed by atoms with Gasteiger partial charge in [-0.15, -0.1) is 0 Å². The zero-order valence-corrected chi connectivity index (χ0v) is 12.4. The van der Waals surface area contributed by atoms with Crippen molar-refractivity contribution in [1.29, 1.82) is 0 Å². The molecule has 0 aromatic heterocycles. The Morgan fingerprint density at radius 2 is 1.50 bits per heavy atom. The first kappa shape index (κ1) is 11.9. The third-order valence-electron chi connectivity index (χ3n) is 2.78. The van der Waals surface area contributed by atoms with Crippen molar-refractivity contribution < 1.29 is 0 Å². The average Bonchev–Trinajstić information content (AvgIpc) is 2.32. The van der Waals surface area contributed by atoms with Gasteiger partial charge in [-0.1, -0.05) is 62.2 Å². The van der Waals surface area contributed by atoms with Gasteiger partial charge < -0.3 is 0 Å². The van der Waals surface area contributed by atoms with Crippen LogP contribution in [0.1, 0.15) is 11.1 Å². The van der Waals surface area contributed by atoms with E-state index in [9.17, 15) is 0 Å². The van der Waals surface area contributed by atoms with Crippen LogP contribution in [0, 0.1) is 13.8 Å². The van der Waals surface area contributed by atoms with Gasteiger partial charge in [0.1, 0.15) is 0 Å². The molecule has 0 fully saturated rings. The molecule has 0 amide bonds. The molecule has 2 rings (SSSR count). The number of hydrogen-bond donors (Lipinski definition) is 0. The maximum absolute atomic E-state index is 3.65. The van der Waals surface area contributed by atoms with Crippen LogP contribution in [0.5, 0.6) is 0 Å². The molecule has 0 aliphatic carbocycles.